The highest BCUT2D eigenvalue weighted by atomic mass is 16.5. The molecule has 0 saturated heterocycles. The number of rotatable bonds is 8. The number of aromatic nitrogens is 5. The van der Waals surface area contributed by atoms with E-state index in [-0.39, 0.29) is 37.2 Å². The van der Waals surface area contributed by atoms with E-state index in [0.717, 1.165) is 29.7 Å². The minimum atomic E-state index is -1.02. The predicted octanol–water partition coefficient (Wildman–Crippen LogP) is 3.14. The van der Waals surface area contributed by atoms with Crippen molar-refractivity contribution in [1.29, 1.82) is 0 Å². The highest BCUT2D eigenvalue weighted by Gasteiger charge is 2.31. The highest BCUT2D eigenvalue weighted by molar-refractivity contribution is 5.97. The maximum atomic E-state index is 14.0. The smallest absolute Gasteiger partial charge is 0.272 e. The number of carbonyl (C=O) groups is 4. The third-order valence-electron chi connectivity index (χ3n) is 9.77. The second-order valence-corrected chi connectivity index (χ2v) is 15.0. The van der Waals surface area contributed by atoms with Crippen molar-refractivity contribution in [2.75, 3.05) is 6.61 Å². The van der Waals surface area contributed by atoms with Crippen LogP contribution in [0.2, 0.25) is 0 Å². The predicted molar refractivity (Wildman–Crippen MR) is 201 cm³/mol. The molecule has 4 aromatic rings. The number of nitrogens with one attached hydrogen (secondary N) is 4. The lowest BCUT2D eigenvalue weighted by Crippen LogP contribution is -2.54. The van der Waals surface area contributed by atoms with Gasteiger partial charge in [0.25, 0.3) is 5.91 Å². The van der Waals surface area contributed by atoms with E-state index in [1.165, 1.54) is 0 Å². The Bertz CT molecular complexity index is 1910. The number of amides is 4. The topological polar surface area (TPSA) is 174 Å². The fourth-order valence-electron chi connectivity index (χ4n) is 6.59. The Balaban J connectivity index is 1.33. The van der Waals surface area contributed by atoms with Crippen LogP contribution in [-0.4, -0.2) is 72.9 Å². The van der Waals surface area contributed by atoms with Crippen molar-refractivity contribution < 1.29 is 23.9 Å². The molecule has 2 bridgehead atoms. The zero-order chi connectivity index (χ0) is 38.4. The summed E-state index contributed by atoms with van der Waals surface area (Å²) >= 11 is 0. The van der Waals surface area contributed by atoms with Gasteiger partial charge in [0.15, 0.2) is 11.6 Å². The largest absolute Gasteiger partial charge is 0.491 e. The minimum absolute atomic E-state index is 0.0963. The Morgan fingerprint density at radius 2 is 1.70 bits per heavy atom. The molecular formula is C40H51N9O5. The van der Waals surface area contributed by atoms with Gasteiger partial charge in [-0.3, -0.25) is 23.9 Å². The first-order chi connectivity index (χ1) is 25.9. The Kier molecular flexibility index (Phi) is 12.1. The van der Waals surface area contributed by atoms with Gasteiger partial charge >= 0.3 is 0 Å². The van der Waals surface area contributed by atoms with Crippen LogP contribution in [0.3, 0.4) is 0 Å². The van der Waals surface area contributed by atoms with Gasteiger partial charge in [-0.05, 0) is 80.7 Å². The van der Waals surface area contributed by atoms with E-state index >= 15 is 0 Å². The Labute approximate surface area is 315 Å². The normalized spacial score (nSPS) is 21.4. The summed E-state index contributed by atoms with van der Waals surface area (Å²) in [6.07, 6.45) is 4.11. The summed E-state index contributed by atoms with van der Waals surface area (Å²) < 4.78 is 9.35. The van der Waals surface area contributed by atoms with Gasteiger partial charge in [-0.2, -0.15) is 10.2 Å². The molecule has 4 N–H and O–H groups in total. The van der Waals surface area contributed by atoms with Crippen LogP contribution in [0.1, 0.15) is 85.0 Å². The zero-order valence-electron chi connectivity index (χ0n) is 31.7. The summed E-state index contributed by atoms with van der Waals surface area (Å²) in [7, 11) is 1.74. The number of hydrogen-bond donors (Lipinski definition) is 4. The van der Waals surface area contributed by atoms with Crippen LogP contribution >= 0.6 is 0 Å². The highest BCUT2D eigenvalue weighted by Crippen LogP contribution is 2.32. The summed E-state index contributed by atoms with van der Waals surface area (Å²) in [6, 6.07) is 15.6. The standard InChI is InChI=1S/C40H51N9O5/c1-24(2)17-30-23-54-31-15-13-28(14-16-31)20-33(44-40(53)34-18-25(3)48(5)46-34)39(52)41-26(4)38(51)43-32(19-27-9-7-6-8-10-27)37-45-35(21-29-11-12-29)47-49(37)22-36(50)42-30/h6-10,13-16,18,24,26,29-30,32-33H,11-12,17,19-23H2,1-5H3,(H,41,52)(H,42,50)(H,43,51)(H,44,53)/t26-,30+,32-,33+/m1/s1. The number of nitrogens with zero attached hydrogens (tertiary/aromatic N) is 5. The van der Waals surface area contributed by atoms with Crippen molar-refractivity contribution in [3.63, 3.8) is 0 Å². The van der Waals surface area contributed by atoms with Gasteiger partial charge in [-0.25, -0.2) is 9.67 Å². The molecule has 14 heteroatoms. The van der Waals surface area contributed by atoms with E-state index in [1.54, 1.807) is 41.5 Å². The molecule has 1 fully saturated rings. The Morgan fingerprint density at radius 1 is 0.963 bits per heavy atom. The molecule has 2 aromatic heterocycles. The van der Waals surface area contributed by atoms with E-state index in [0.29, 0.717) is 48.5 Å². The SMILES string of the molecule is Cc1cc(C(=O)N[C@H]2Cc3ccc(cc3)OC[C@H](CC(C)C)NC(=O)Cn3nc(CC4CC4)nc3[C@@H](Cc3ccccc3)NC(=O)[C@@H](C)NC2=O)nn1C. The van der Waals surface area contributed by atoms with E-state index in [1.807, 2.05) is 49.4 Å². The lowest BCUT2D eigenvalue weighted by Gasteiger charge is -2.25. The lowest BCUT2D eigenvalue weighted by atomic mass is 10.0. The number of benzene rings is 2. The number of ether oxygens (including phenoxy) is 1. The first kappa shape index (κ1) is 38.2. The van der Waals surface area contributed by atoms with Crippen LogP contribution in [0.25, 0.3) is 0 Å². The first-order valence-electron chi connectivity index (χ1n) is 18.8. The molecular weight excluding hydrogens is 686 g/mol. The summed E-state index contributed by atoms with van der Waals surface area (Å²) in [5, 5.41) is 21.0. The number of fused-ring (bicyclic) bond motifs is 14. The number of aryl methyl sites for hydroxylation is 2. The van der Waals surface area contributed by atoms with E-state index in [2.05, 4.69) is 40.2 Å². The van der Waals surface area contributed by atoms with Gasteiger partial charge in [0.1, 0.15) is 36.7 Å². The fourth-order valence-corrected chi connectivity index (χ4v) is 6.59. The van der Waals surface area contributed by atoms with Crippen molar-refractivity contribution in [2.45, 2.75) is 96.9 Å². The van der Waals surface area contributed by atoms with Gasteiger partial charge in [0.2, 0.25) is 17.7 Å². The van der Waals surface area contributed by atoms with Crippen LogP contribution in [0.4, 0.5) is 0 Å². The molecule has 0 unspecified atom stereocenters. The maximum absolute atomic E-state index is 14.0. The van der Waals surface area contributed by atoms with E-state index in [9.17, 15) is 19.2 Å². The van der Waals surface area contributed by atoms with Crippen LogP contribution in [-0.2, 0) is 47.2 Å². The Hall–Kier alpha value is -5.53. The molecule has 3 aliphatic rings. The van der Waals surface area contributed by atoms with Gasteiger partial charge in [-0.15, -0.1) is 0 Å². The van der Waals surface area contributed by atoms with Crippen molar-refractivity contribution in [2.24, 2.45) is 18.9 Å². The molecule has 2 aliphatic heterocycles. The van der Waals surface area contributed by atoms with Crippen molar-refractivity contribution in [3.05, 3.63) is 94.8 Å². The van der Waals surface area contributed by atoms with Crippen molar-refractivity contribution >= 4 is 23.6 Å². The average Bonchev–Trinajstić information content (AvgIpc) is 3.76. The third-order valence-corrected chi connectivity index (χ3v) is 9.77. The molecule has 2 aromatic carbocycles. The van der Waals surface area contributed by atoms with Gasteiger partial charge in [0, 0.05) is 25.6 Å². The molecule has 14 nitrogen and oxygen atoms in total. The average molecular weight is 738 g/mol. The summed E-state index contributed by atoms with van der Waals surface area (Å²) in [6.45, 7) is 7.76. The van der Waals surface area contributed by atoms with Crippen LogP contribution in [0, 0.1) is 18.8 Å². The summed E-state index contributed by atoms with van der Waals surface area (Å²) in [4.78, 5) is 59.8. The molecule has 1 aliphatic carbocycles. The zero-order valence-corrected chi connectivity index (χ0v) is 31.7. The third kappa shape index (κ3) is 10.3. The second kappa shape index (κ2) is 17.1. The van der Waals surface area contributed by atoms with E-state index in [4.69, 9.17) is 14.8 Å². The molecule has 0 radical (unpaired) electrons. The van der Waals surface area contributed by atoms with Crippen molar-refractivity contribution in [3.8, 4) is 5.75 Å². The summed E-state index contributed by atoms with van der Waals surface area (Å²) in [5.74, 6) is 0.741. The Morgan fingerprint density at radius 3 is 2.37 bits per heavy atom. The van der Waals surface area contributed by atoms with Gasteiger partial charge in [-0.1, -0.05) is 56.3 Å². The first-order valence-corrected chi connectivity index (χ1v) is 18.8. The molecule has 54 heavy (non-hydrogen) atoms. The number of carbonyl (C=O) groups excluding carboxylic acids is 4. The second-order valence-electron chi connectivity index (χ2n) is 15.0. The fraction of sp³-hybridized carbons (Fsp3) is 0.475. The monoisotopic (exact) mass is 737 g/mol. The molecule has 4 atom stereocenters. The van der Waals surface area contributed by atoms with Crippen molar-refractivity contribution in [1.82, 2.24) is 45.8 Å². The quantitative estimate of drug-likeness (QED) is 0.214. The van der Waals surface area contributed by atoms with Crippen LogP contribution < -0.4 is 26.0 Å². The molecule has 7 rings (SSSR count). The molecule has 4 heterocycles. The molecule has 286 valence electrons. The summed E-state index contributed by atoms with van der Waals surface area (Å²) in [5.41, 5.74) is 2.69. The van der Waals surface area contributed by atoms with E-state index < -0.39 is 35.8 Å². The molecule has 1 saturated carbocycles. The van der Waals surface area contributed by atoms with Crippen LogP contribution in [0.5, 0.6) is 5.75 Å². The molecule has 0 spiro atoms. The van der Waals surface area contributed by atoms with Gasteiger partial charge in [0.05, 0.1) is 12.1 Å². The lowest BCUT2D eigenvalue weighted by molar-refractivity contribution is -0.130. The minimum Gasteiger partial charge on any atom is -0.491 e. The number of hydrogen-bond acceptors (Lipinski definition) is 8. The van der Waals surface area contributed by atoms with Gasteiger partial charge < -0.3 is 26.0 Å². The maximum Gasteiger partial charge on any atom is 0.272 e. The van der Waals surface area contributed by atoms with Crippen LogP contribution in [0.15, 0.2) is 60.7 Å². The molecule has 4 amide bonds.